The maximum absolute atomic E-state index is 8.53. The summed E-state index contributed by atoms with van der Waals surface area (Å²) in [6.07, 6.45) is -0.404. The van der Waals surface area contributed by atoms with Crippen molar-refractivity contribution in [1.29, 1.82) is 5.26 Å². The number of aryl methyl sites for hydroxylation is 1. The van der Waals surface area contributed by atoms with Crippen molar-refractivity contribution >= 4 is 0 Å². The molecule has 0 fully saturated rings. The molecule has 0 saturated heterocycles. The number of nitriles is 1. The molecular weight excluding hydrogens is 218 g/mol. The Morgan fingerprint density at radius 2 is 2.06 bits per heavy atom. The third kappa shape index (κ3) is 4.33. The van der Waals surface area contributed by atoms with Crippen LogP contribution in [0.4, 0.5) is 0 Å². The van der Waals surface area contributed by atoms with Crippen LogP contribution in [0.25, 0.3) is 0 Å². The number of rotatable bonds is 6. The molecule has 0 spiro atoms. The lowest BCUT2D eigenvalue weighted by molar-refractivity contribution is 0.0736. The number of benzene rings is 1. The summed E-state index contributed by atoms with van der Waals surface area (Å²) in [5, 5.41) is 8.53. The summed E-state index contributed by atoms with van der Waals surface area (Å²) in [6.45, 7) is 4.47. The molecule has 0 aliphatic heterocycles. The van der Waals surface area contributed by atoms with E-state index in [-0.39, 0.29) is 0 Å². The van der Waals surface area contributed by atoms with Crippen LogP contribution in [0.3, 0.4) is 0 Å². The van der Waals surface area contributed by atoms with E-state index in [1.165, 1.54) is 0 Å². The SMILES string of the molecule is COc1cc(C)ccc1OCCOC(C)C#N. The second-order valence-electron chi connectivity index (χ2n) is 3.64. The summed E-state index contributed by atoms with van der Waals surface area (Å²) < 4.78 is 15.9. The molecule has 0 heterocycles. The Morgan fingerprint density at radius 1 is 1.29 bits per heavy atom. The van der Waals surface area contributed by atoms with Gasteiger partial charge in [0.2, 0.25) is 0 Å². The highest BCUT2D eigenvalue weighted by Crippen LogP contribution is 2.27. The van der Waals surface area contributed by atoms with Gasteiger partial charge in [0.25, 0.3) is 0 Å². The Hall–Kier alpha value is -1.73. The maximum Gasteiger partial charge on any atom is 0.161 e. The number of nitrogens with zero attached hydrogens (tertiary/aromatic N) is 1. The molecule has 0 aromatic heterocycles. The van der Waals surface area contributed by atoms with Crippen LogP contribution in [0.5, 0.6) is 11.5 Å². The molecule has 4 heteroatoms. The largest absolute Gasteiger partial charge is 0.493 e. The summed E-state index contributed by atoms with van der Waals surface area (Å²) in [6, 6.07) is 7.72. The van der Waals surface area contributed by atoms with Gasteiger partial charge in [0.1, 0.15) is 12.7 Å². The van der Waals surface area contributed by atoms with Crippen molar-refractivity contribution in [3.05, 3.63) is 23.8 Å². The third-order valence-electron chi connectivity index (χ3n) is 2.21. The zero-order valence-electron chi connectivity index (χ0n) is 10.4. The minimum Gasteiger partial charge on any atom is -0.493 e. The Morgan fingerprint density at radius 3 is 2.71 bits per heavy atom. The van der Waals surface area contributed by atoms with E-state index in [4.69, 9.17) is 19.5 Å². The summed E-state index contributed by atoms with van der Waals surface area (Å²) in [7, 11) is 1.61. The van der Waals surface area contributed by atoms with Crippen LogP contribution >= 0.6 is 0 Å². The van der Waals surface area contributed by atoms with E-state index in [0.29, 0.717) is 24.7 Å². The lowest BCUT2D eigenvalue weighted by atomic mass is 10.2. The molecule has 0 aliphatic rings. The predicted molar refractivity (Wildman–Crippen MR) is 64.3 cm³/mol. The van der Waals surface area contributed by atoms with Gasteiger partial charge in [0, 0.05) is 0 Å². The molecule has 0 amide bonds. The van der Waals surface area contributed by atoms with Crippen molar-refractivity contribution in [2.75, 3.05) is 20.3 Å². The van der Waals surface area contributed by atoms with Crippen LogP contribution < -0.4 is 9.47 Å². The molecule has 1 atom stereocenters. The molecule has 1 rings (SSSR count). The second-order valence-corrected chi connectivity index (χ2v) is 3.64. The van der Waals surface area contributed by atoms with E-state index >= 15 is 0 Å². The van der Waals surface area contributed by atoms with Crippen molar-refractivity contribution in [2.45, 2.75) is 20.0 Å². The van der Waals surface area contributed by atoms with Crippen LogP contribution in [-0.4, -0.2) is 26.4 Å². The van der Waals surface area contributed by atoms with E-state index in [2.05, 4.69) is 0 Å². The minimum absolute atomic E-state index is 0.381. The first-order chi connectivity index (χ1) is 8.17. The van der Waals surface area contributed by atoms with Gasteiger partial charge in [-0.3, -0.25) is 0 Å². The fraction of sp³-hybridized carbons (Fsp3) is 0.462. The third-order valence-corrected chi connectivity index (χ3v) is 2.21. The molecule has 4 nitrogen and oxygen atoms in total. The first-order valence-electron chi connectivity index (χ1n) is 5.46. The number of methoxy groups -OCH3 is 1. The lowest BCUT2D eigenvalue weighted by Crippen LogP contribution is -2.12. The number of hydrogen-bond donors (Lipinski definition) is 0. The highest BCUT2D eigenvalue weighted by Gasteiger charge is 2.04. The Labute approximate surface area is 102 Å². The zero-order valence-corrected chi connectivity index (χ0v) is 10.4. The molecule has 92 valence electrons. The first kappa shape index (κ1) is 13.3. The summed E-state index contributed by atoms with van der Waals surface area (Å²) >= 11 is 0. The average Bonchev–Trinajstić information content (AvgIpc) is 2.35. The molecule has 0 radical (unpaired) electrons. The Balaban J connectivity index is 2.44. The van der Waals surface area contributed by atoms with E-state index in [1.807, 2.05) is 31.2 Å². The van der Waals surface area contributed by atoms with Crippen molar-refractivity contribution in [3.63, 3.8) is 0 Å². The van der Waals surface area contributed by atoms with Gasteiger partial charge >= 0.3 is 0 Å². The summed E-state index contributed by atoms with van der Waals surface area (Å²) in [4.78, 5) is 0. The number of hydrogen-bond acceptors (Lipinski definition) is 4. The maximum atomic E-state index is 8.53. The Kier molecular flexibility index (Phi) is 5.31. The molecule has 0 bridgehead atoms. The van der Waals surface area contributed by atoms with E-state index in [0.717, 1.165) is 5.56 Å². The van der Waals surface area contributed by atoms with Gasteiger partial charge in [-0.2, -0.15) is 5.26 Å². The normalized spacial score (nSPS) is 11.6. The summed E-state index contributed by atoms with van der Waals surface area (Å²) in [5.74, 6) is 1.39. The fourth-order valence-electron chi connectivity index (χ4n) is 1.31. The van der Waals surface area contributed by atoms with Crippen LogP contribution in [0, 0.1) is 18.3 Å². The zero-order chi connectivity index (χ0) is 12.7. The van der Waals surface area contributed by atoms with Crippen molar-refractivity contribution in [2.24, 2.45) is 0 Å². The van der Waals surface area contributed by atoms with Gasteiger partial charge in [0.05, 0.1) is 19.8 Å². The van der Waals surface area contributed by atoms with Crippen molar-refractivity contribution in [1.82, 2.24) is 0 Å². The average molecular weight is 235 g/mol. The van der Waals surface area contributed by atoms with Gasteiger partial charge < -0.3 is 14.2 Å². The smallest absolute Gasteiger partial charge is 0.161 e. The van der Waals surface area contributed by atoms with Gasteiger partial charge in [-0.05, 0) is 31.5 Å². The molecular formula is C13H17NO3. The fourth-order valence-corrected chi connectivity index (χ4v) is 1.31. The van der Waals surface area contributed by atoms with Crippen molar-refractivity contribution in [3.8, 4) is 17.6 Å². The molecule has 1 aromatic carbocycles. The van der Waals surface area contributed by atoms with E-state index in [1.54, 1.807) is 14.0 Å². The molecule has 0 saturated carbocycles. The number of ether oxygens (including phenoxy) is 3. The molecule has 0 N–H and O–H groups in total. The lowest BCUT2D eigenvalue weighted by Gasteiger charge is -2.11. The highest BCUT2D eigenvalue weighted by molar-refractivity contribution is 5.42. The van der Waals surface area contributed by atoms with Gasteiger partial charge in [-0.25, -0.2) is 0 Å². The van der Waals surface area contributed by atoms with Crippen LogP contribution in [-0.2, 0) is 4.74 Å². The molecule has 1 unspecified atom stereocenters. The van der Waals surface area contributed by atoms with Crippen LogP contribution in [0.1, 0.15) is 12.5 Å². The topological polar surface area (TPSA) is 51.5 Å². The van der Waals surface area contributed by atoms with Gasteiger partial charge in [0.15, 0.2) is 11.5 Å². The molecule has 1 aromatic rings. The monoisotopic (exact) mass is 235 g/mol. The highest BCUT2D eigenvalue weighted by atomic mass is 16.5. The van der Waals surface area contributed by atoms with Crippen molar-refractivity contribution < 1.29 is 14.2 Å². The predicted octanol–water partition coefficient (Wildman–Crippen LogP) is 2.31. The van der Waals surface area contributed by atoms with E-state index < -0.39 is 6.10 Å². The Bertz CT molecular complexity index is 398. The first-order valence-corrected chi connectivity index (χ1v) is 5.46. The van der Waals surface area contributed by atoms with Crippen LogP contribution in [0.15, 0.2) is 18.2 Å². The summed E-state index contributed by atoms with van der Waals surface area (Å²) in [5.41, 5.74) is 1.11. The standard InChI is InChI=1S/C13H17NO3/c1-10-4-5-12(13(8-10)15-3)17-7-6-16-11(2)9-14/h4-5,8,11H,6-7H2,1-3H3. The van der Waals surface area contributed by atoms with Gasteiger partial charge in [-0.1, -0.05) is 6.07 Å². The van der Waals surface area contributed by atoms with Crippen LogP contribution in [0.2, 0.25) is 0 Å². The minimum atomic E-state index is -0.404. The van der Waals surface area contributed by atoms with E-state index in [9.17, 15) is 0 Å². The molecule has 0 aliphatic carbocycles. The quantitative estimate of drug-likeness (QED) is 0.710. The molecule has 17 heavy (non-hydrogen) atoms. The van der Waals surface area contributed by atoms with Gasteiger partial charge in [-0.15, -0.1) is 0 Å². The second kappa shape index (κ2) is 6.77.